The van der Waals surface area contributed by atoms with Gasteiger partial charge in [0.1, 0.15) is 5.82 Å². The molecule has 0 unspecified atom stereocenters. The lowest BCUT2D eigenvalue weighted by molar-refractivity contribution is 0.952. The van der Waals surface area contributed by atoms with Gasteiger partial charge in [-0.1, -0.05) is 29.0 Å². The summed E-state index contributed by atoms with van der Waals surface area (Å²) in [5.74, 6) is 0.183. The summed E-state index contributed by atoms with van der Waals surface area (Å²) in [5.41, 5.74) is 0.651. The lowest BCUT2D eigenvalue weighted by Crippen LogP contribution is -2.41. The van der Waals surface area contributed by atoms with Crippen molar-refractivity contribution in [2.24, 2.45) is 0 Å². The van der Waals surface area contributed by atoms with Gasteiger partial charge in [-0.3, -0.25) is 4.57 Å². The SMILES string of the molecule is [B]C([B])([B])Nc1nc(=O)n(-c2ccccc2Br)c2cc(Cl)ccc12. The number of hydrogen-bond acceptors (Lipinski definition) is 3. The van der Waals surface area contributed by atoms with E-state index in [9.17, 15) is 4.79 Å². The highest BCUT2D eigenvalue weighted by molar-refractivity contribution is 9.10. The minimum absolute atomic E-state index is 0.183. The van der Waals surface area contributed by atoms with Crippen LogP contribution in [0.3, 0.4) is 0 Å². The van der Waals surface area contributed by atoms with Crippen LogP contribution in [0.4, 0.5) is 5.82 Å². The lowest BCUT2D eigenvalue weighted by Gasteiger charge is -2.24. The van der Waals surface area contributed by atoms with Crippen LogP contribution in [0.5, 0.6) is 0 Å². The number of hydrogen-bond donors (Lipinski definition) is 1. The van der Waals surface area contributed by atoms with Crippen LogP contribution in [0.15, 0.2) is 51.7 Å². The Morgan fingerprint density at radius 1 is 1.17 bits per heavy atom. The summed E-state index contributed by atoms with van der Waals surface area (Å²) in [6.07, 6.45) is 0. The van der Waals surface area contributed by atoms with E-state index in [0.29, 0.717) is 21.6 Å². The van der Waals surface area contributed by atoms with E-state index >= 15 is 0 Å². The molecule has 0 aliphatic rings. The van der Waals surface area contributed by atoms with Gasteiger partial charge in [0.15, 0.2) is 0 Å². The number of fused-ring (bicyclic) bond motifs is 1. The normalized spacial score (nSPS) is 11.6. The average Bonchev–Trinajstić information content (AvgIpc) is 2.47. The minimum atomic E-state index is -1.72. The molecule has 9 heteroatoms. The summed E-state index contributed by atoms with van der Waals surface area (Å²) >= 11 is 9.56. The van der Waals surface area contributed by atoms with E-state index < -0.39 is 10.9 Å². The second-order valence-electron chi connectivity index (χ2n) is 5.25. The van der Waals surface area contributed by atoms with Gasteiger partial charge in [-0.15, -0.1) is 0 Å². The first kappa shape index (κ1) is 17.2. The Balaban J connectivity index is 2.38. The third-order valence-corrected chi connectivity index (χ3v) is 4.19. The number of nitrogens with zero attached hydrogens (tertiary/aromatic N) is 2. The Kier molecular flexibility index (Phi) is 4.53. The van der Waals surface area contributed by atoms with Crippen LogP contribution in [-0.4, -0.2) is 38.3 Å². The van der Waals surface area contributed by atoms with Crippen molar-refractivity contribution in [3.8, 4) is 5.69 Å². The van der Waals surface area contributed by atoms with Crippen LogP contribution in [0, 0.1) is 0 Å². The molecule has 0 spiro atoms. The highest BCUT2D eigenvalue weighted by atomic mass is 79.9. The van der Waals surface area contributed by atoms with Crippen LogP contribution >= 0.6 is 27.5 Å². The molecule has 0 atom stereocenters. The first-order valence-corrected chi connectivity index (χ1v) is 8.05. The largest absolute Gasteiger partial charge is 0.389 e. The Morgan fingerprint density at radius 2 is 1.88 bits per heavy atom. The molecule has 3 aromatic rings. The van der Waals surface area contributed by atoms with E-state index in [-0.39, 0.29) is 5.82 Å². The zero-order valence-electron chi connectivity index (χ0n) is 12.3. The van der Waals surface area contributed by atoms with Crippen LogP contribution in [-0.2, 0) is 0 Å². The zero-order chi connectivity index (χ0) is 17.5. The topological polar surface area (TPSA) is 46.9 Å². The second-order valence-corrected chi connectivity index (χ2v) is 6.54. The smallest absolute Gasteiger partial charge is 0.354 e. The molecule has 0 fully saturated rings. The summed E-state index contributed by atoms with van der Waals surface area (Å²) in [6, 6.07) is 12.3. The van der Waals surface area contributed by atoms with Crippen LogP contribution in [0.1, 0.15) is 0 Å². The van der Waals surface area contributed by atoms with Crippen LogP contribution < -0.4 is 11.0 Å². The standard InChI is InChI=1S/C15H8B3BrClN3O/c16-15(17,18)22-13-9-6-5-8(20)7-12(9)23(14(24)21-13)11-4-2-1-3-10(11)19/h1-7H,(H,21,22,24). The van der Waals surface area contributed by atoms with Crippen molar-refractivity contribution in [1.82, 2.24) is 9.55 Å². The van der Waals surface area contributed by atoms with Gasteiger partial charge in [0.05, 0.1) is 34.7 Å². The van der Waals surface area contributed by atoms with Crippen LogP contribution in [0.2, 0.25) is 5.02 Å². The van der Waals surface area contributed by atoms with Crippen molar-refractivity contribution >= 4 is 67.8 Å². The van der Waals surface area contributed by atoms with Gasteiger partial charge >= 0.3 is 5.69 Å². The Labute approximate surface area is 156 Å². The maximum Gasteiger partial charge on any atom is 0.354 e. The van der Waals surface area contributed by atoms with Crippen molar-refractivity contribution in [3.63, 3.8) is 0 Å². The van der Waals surface area contributed by atoms with E-state index in [1.54, 1.807) is 24.3 Å². The van der Waals surface area contributed by atoms with Crippen molar-refractivity contribution in [2.45, 2.75) is 5.24 Å². The van der Waals surface area contributed by atoms with Gasteiger partial charge in [0.25, 0.3) is 0 Å². The summed E-state index contributed by atoms with van der Waals surface area (Å²) in [5, 5.41) is 1.98. The molecule has 0 aliphatic carbocycles. The van der Waals surface area contributed by atoms with Gasteiger partial charge in [-0.05, 0) is 46.3 Å². The quantitative estimate of drug-likeness (QED) is 0.694. The molecule has 1 heterocycles. The predicted octanol–water partition coefficient (Wildman–Crippen LogP) is 2.33. The summed E-state index contributed by atoms with van der Waals surface area (Å²) in [4.78, 5) is 16.7. The molecular weight excluding hydrogens is 386 g/mol. The third kappa shape index (κ3) is 3.40. The summed E-state index contributed by atoms with van der Waals surface area (Å²) < 4.78 is 2.18. The zero-order valence-corrected chi connectivity index (χ0v) is 14.7. The third-order valence-electron chi connectivity index (χ3n) is 3.28. The van der Waals surface area contributed by atoms with Gasteiger partial charge in [0.2, 0.25) is 0 Å². The number of rotatable bonds is 3. The molecule has 0 saturated carbocycles. The molecule has 0 saturated heterocycles. The molecule has 0 bridgehead atoms. The summed E-state index contributed by atoms with van der Waals surface area (Å²) in [7, 11) is 16.7. The Morgan fingerprint density at radius 3 is 2.54 bits per heavy atom. The Bertz CT molecular complexity index is 988. The molecule has 24 heavy (non-hydrogen) atoms. The molecule has 1 N–H and O–H groups in total. The number of halogens is 2. The molecule has 6 radical (unpaired) electrons. The maximum absolute atomic E-state index is 12.6. The van der Waals surface area contributed by atoms with E-state index in [2.05, 4.69) is 26.2 Å². The molecule has 4 nitrogen and oxygen atoms in total. The molecule has 1 aromatic heterocycles. The fourth-order valence-electron chi connectivity index (χ4n) is 2.37. The minimum Gasteiger partial charge on any atom is -0.389 e. The molecular formula is C15H8B3BrClN3O. The predicted molar refractivity (Wildman–Crippen MR) is 104 cm³/mol. The van der Waals surface area contributed by atoms with Crippen molar-refractivity contribution < 1.29 is 0 Å². The highest BCUT2D eigenvalue weighted by Gasteiger charge is 2.17. The fourth-order valence-corrected chi connectivity index (χ4v) is 2.99. The fraction of sp³-hybridized carbons (Fsp3) is 0.0667. The number of para-hydroxylation sites is 1. The van der Waals surface area contributed by atoms with Gasteiger partial charge in [-0.25, -0.2) is 4.79 Å². The second kappa shape index (κ2) is 6.33. The van der Waals surface area contributed by atoms with E-state index in [0.717, 1.165) is 4.47 Å². The van der Waals surface area contributed by atoms with Gasteiger partial charge < -0.3 is 5.32 Å². The number of benzene rings is 2. The number of nitrogens with one attached hydrogen (secondary N) is 1. The van der Waals surface area contributed by atoms with Crippen molar-refractivity contribution in [2.75, 3.05) is 5.32 Å². The molecule has 0 aliphatic heterocycles. The van der Waals surface area contributed by atoms with E-state index in [1.807, 2.05) is 18.2 Å². The number of aromatic nitrogens is 2. The van der Waals surface area contributed by atoms with Crippen molar-refractivity contribution in [1.29, 1.82) is 0 Å². The Hall–Kier alpha value is -1.66. The average molecular weight is 394 g/mol. The first-order valence-electron chi connectivity index (χ1n) is 6.88. The first-order chi connectivity index (χ1) is 11.3. The number of anilines is 1. The molecule has 0 amide bonds. The maximum atomic E-state index is 12.6. The van der Waals surface area contributed by atoms with E-state index in [1.165, 1.54) is 4.57 Å². The van der Waals surface area contributed by atoms with Gasteiger partial charge in [-0.2, -0.15) is 4.98 Å². The molecule has 3 rings (SSSR count). The van der Waals surface area contributed by atoms with Crippen LogP contribution in [0.25, 0.3) is 16.6 Å². The van der Waals surface area contributed by atoms with Gasteiger partial charge in [0, 0.05) is 14.9 Å². The molecule has 2 aromatic carbocycles. The van der Waals surface area contributed by atoms with Crippen molar-refractivity contribution in [3.05, 3.63) is 62.4 Å². The molecule has 112 valence electrons. The monoisotopic (exact) mass is 393 g/mol. The lowest BCUT2D eigenvalue weighted by atomic mass is 9.49. The highest BCUT2D eigenvalue weighted by Crippen LogP contribution is 2.28. The summed E-state index contributed by atoms with van der Waals surface area (Å²) in [6.45, 7) is 0. The van der Waals surface area contributed by atoms with E-state index in [4.69, 9.17) is 35.1 Å².